The lowest BCUT2D eigenvalue weighted by molar-refractivity contribution is 0.414. The van der Waals surface area contributed by atoms with Gasteiger partial charge in [0.05, 0.1) is 7.11 Å². The Morgan fingerprint density at radius 2 is 1.69 bits per heavy atom. The second kappa shape index (κ2) is 8.80. The predicted octanol–water partition coefficient (Wildman–Crippen LogP) is 3.46. The molecule has 0 aliphatic rings. The maximum absolute atomic E-state index is 5.18. The summed E-state index contributed by atoms with van der Waals surface area (Å²) in [6, 6.07) is 14.0. The van der Waals surface area contributed by atoms with Crippen molar-refractivity contribution >= 4 is 11.8 Å². The van der Waals surface area contributed by atoms with Gasteiger partial charge < -0.3 is 15.4 Å². The van der Waals surface area contributed by atoms with Crippen LogP contribution >= 0.6 is 0 Å². The number of benzene rings is 1. The Kier molecular flexibility index (Phi) is 5.98. The molecule has 0 unspecified atom stereocenters. The Balaban J connectivity index is 1.54. The molecule has 134 valence electrons. The number of nitrogens with one attached hydrogen (secondary N) is 2. The van der Waals surface area contributed by atoms with Crippen LogP contribution in [0.5, 0.6) is 5.75 Å². The Hall–Kier alpha value is -3.15. The molecule has 0 saturated heterocycles. The van der Waals surface area contributed by atoms with E-state index >= 15 is 0 Å². The molecular formula is C20H23N5O. The summed E-state index contributed by atoms with van der Waals surface area (Å²) in [5, 5.41) is 6.63. The molecule has 0 bridgehead atoms. The van der Waals surface area contributed by atoms with Crippen molar-refractivity contribution in [1.29, 1.82) is 0 Å². The molecule has 6 heteroatoms. The van der Waals surface area contributed by atoms with Gasteiger partial charge in [-0.15, -0.1) is 0 Å². The SMILES string of the molecule is COc1ccc(CCNc2cc(C)nc(NCc3ccncc3)n2)cc1. The normalized spacial score (nSPS) is 10.4. The van der Waals surface area contributed by atoms with E-state index in [1.54, 1.807) is 19.5 Å². The summed E-state index contributed by atoms with van der Waals surface area (Å²) >= 11 is 0. The van der Waals surface area contributed by atoms with Crippen molar-refractivity contribution in [1.82, 2.24) is 15.0 Å². The number of aryl methyl sites for hydroxylation is 1. The zero-order valence-corrected chi connectivity index (χ0v) is 15.1. The van der Waals surface area contributed by atoms with Crippen LogP contribution in [0.15, 0.2) is 54.9 Å². The first-order valence-corrected chi connectivity index (χ1v) is 8.58. The minimum Gasteiger partial charge on any atom is -0.497 e. The third kappa shape index (κ3) is 5.17. The maximum atomic E-state index is 5.18. The number of anilines is 2. The van der Waals surface area contributed by atoms with E-state index in [1.807, 2.05) is 37.3 Å². The molecular weight excluding hydrogens is 326 g/mol. The van der Waals surface area contributed by atoms with Crippen LogP contribution in [-0.2, 0) is 13.0 Å². The van der Waals surface area contributed by atoms with E-state index in [0.717, 1.165) is 35.8 Å². The van der Waals surface area contributed by atoms with E-state index in [2.05, 4.69) is 37.7 Å². The lowest BCUT2D eigenvalue weighted by Gasteiger charge is -2.10. The van der Waals surface area contributed by atoms with Gasteiger partial charge in [0.15, 0.2) is 0 Å². The van der Waals surface area contributed by atoms with Crippen LogP contribution in [0.2, 0.25) is 0 Å². The Labute approximate surface area is 153 Å². The van der Waals surface area contributed by atoms with Crippen LogP contribution in [0, 0.1) is 6.92 Å². The van der Waals surface area contributed by atoms with Gasteiger partial charge in [-0.25, -0.2) is 4.98 Å². The molecule has 1 aromatic carbocycles. The smallest absolute Gasteiger partial charge is 0.225 e. The number of nitrogens with zero attached hydrogens (tertiary/aromatic N) is 3. The van der Waals surface area contributed by atoms with E-state index in [9.17, 15) is 0 Å². The highest BCUT2D eigenvalue weighted by Crippen LogP contribution is 2.13. The van der Waals surface area contributed by atoms with E-state index in [0.29, 0.717) is 12.5 Å². The molecule has 0 saturated carbocycles. The number of hydrogen-bond acceptors (Lipinski definition) is 6. The minimum atomic E-state index is 0.619. The van der Waals surface area contributed by atoms with E-state index in [1.165, 1.54) is 5.56 Å². The largest absolute Gasteiger partial charge is 0.497 e. The van der Waals surface area contributed by atoms with Crippen molar-refractivity contribution in [2.45, 2.75) is 19.9 Å². The fourth-order valence-corrected chi connectivity index (χ4v) is 2.55. The summed E-state index contributed by atoms with van der Waals surface area (Å²) in [7, 11) is 1.67. The third-order valence-electron chi connectivity index (χ3n) is 3.93. The molecule has 0 spiro atoms. The molecule has 3 rings (SSSR count). The summed E-state index contributed by atoms with van der Waals surface area (Å²) in [6.45, 7) is 3.43. The molecule has 0 amide bonds. The summed E-state index contributed by atoms with van der Waals surface area (Å²) in [4.78, 5) is 13.0. The second-order valence-corrected chi connectivity index (χ2v) is 5.95. The highest BCUT2D eigenvalue weighted by atomic mass is 16.5. The van der Waals surface area contributed by atoms with Gasteiger partial charge in [0.2, 0.25) is 5.95 Å². The van der Waals surface area contributed by atoms with E-state index in [-0.39, 0.29) is 0 Å². The van der Waals surface area contributed by atoms with Crippen LogP contribution in [0.4, 0.5) is 11.8 Å². The molecule has 0 aliphatic carbocycles. The molecule has 3 aromatic rings. The Bertz CT molecular complexity index is 821. The van der Waals surface area contributed by atoms with Crippen LogP contribution < -0.4 is 15.4 Å². The average Bonchev–Trinajstić information content (AvgIpc) is 2.67. The lowest BCUT2D eigenvalue weighted by atomic mass is 10.1. The molecule has 26 heavy (non-hydrogen) atoms. The van der Waals surface area contributed by atoms with Gasteiger partial charge in [-0.2, -0.15) is 4.98 Å². The second-order valence-electron chi connectivity index (χ2n) is 5.95. The first-order valence-electron chi connectivity index (χ1n) is 8.58. The van der Waals surface area contributed by atoms with Crippen LogP contribution in [-0.4, -0.2) is 28.6 Å². The van der Waals surface area contributed by atoms with Gasteiger partial charge in [-0.1, -0.05) is 12.1 Å². The number of pyridine rings is 1. The van der Waals surface area contributed by atoms with E-state index < -0.39 is 0 Å². The molecule has 6 nitrogen and oxygen atoms in total. The molecule has 0 fully saturated rings. The quantitative estimate of drug-likeness (QED) is 0.649. The molecule has 2 heterocycles. The predicted molar refractivity (Wildman–Crippen MR) is 104 cm³/mol. The minimum absolute atomic E-state index is 0.619. The Morgan fingerprint density at radius 1 is 0.923 bits per heavy atom. The lowest BCUT2D eigenvalue weighted by Crippen LogP contribution is -2.10. The number of hydrogen-bond donors (Lipinski definition) is 2. The monoisotopic (exact) mass is 349 g/mol. The molecule has 0 radical (unpaired) electrons. The van der Waals surface area contributed by atoms with Crippen molar-refractivity contribution in [2.75, 3.05) is 24.3 Å². The average molecular weight is 349 g/mol. The summed E-state index contributed by atoms with van der Waals surface area (Å²) in [5.41, 5.74) is 3.31. The topological polar surface area (TPSA) is 72.0 Å². The number of rotatable bonds is 8. The standard InChI is InChI=1S/C20H23N5O/c1-15-13-19(22-12-9-16-3-5-18(26-2)6-4-16)25-20(24-15)23-14-17-7-10-21-11-8-17/h3-8,10-11,13H,9,12,14H2,1-2H3,(H2,22,23,24,25). The highest BCUT2D eigenvalue weighted by molar-refractivity contribution is 5.42. The summed E-state index contributed by atoms with van der Waals surface area (Å²) in [5.74, 6) is 2.31. The summed E-state index contributed by atoms with van der Waals surface area (Å²) in [6.07, 6.45) is 4.47. The summed E-state index contributed by atoms with van der Waals surface area (Å²) < 4.78 is 5.18. The fourth-order valence-electron chi connectivity index (χ4n) is 2.55. The van der Waals surface area contributed by atoms with Crippen molar-refractivity contribution < 1.29 is 4.74 Å². The van der Waals surface area contributed by atoms with Gasteiger partial charge in [0.1, 0.15) is 11.6 Å². The molecule has 0 atom stereocenters. The van der Waals surface area contributed by atoms with E-state index in [4.69, 9.17) is 4.74 Å². The van der Waals surface area contributed by atoms with Crippen molar-refractivity contribution in [3.05, 3.63) is 71.7 Å². The van der Waals surface area contributed by atoms with Crippen molar-refractivity contribution in [2.24, 2.45) is 0 Å². The van der Waals surface area contributed by atoms with Crippen molar-refractivity contribution in [3.8, 4) is 5.75 Å². The highest BCUT2D eigenvalue weighted by Gasteiger charge is 2.03. The molecule has 0 aliphatic heterocycles. The van der Waals surface area contributed by atoms with Gasteiger partial charge in [0.25, 0.3) is 0 Å². The van der Waals surface area contributed by atoms with Crippen LogP contribution in [0.3, 0.4) is 0 Å². The zero-order chi connectivity index (χ0) is 18.2. The third-order valence-corrected chi connectivity index (χ3v) is 3.93. The van der Waals surface area contributed by atoms with Gasteiger partial charge in [-0.05, 0) is 48.7 Å². The molecule has 2 N–H and O–H groups in total. The number of aromatic nitrogens is 3. The first kappa shape index (κ1) is 17.7. The van der Waals surface area contributed by atoms with Gasteiger partial charge >= 0.3 is 0 Å². The first-order chi connectivity index (χ1) is 12.7. The molecule has 2 aromatic heterocycles. The Morgan fingerprint density at radius 3 is 2.42 bits per heavy atom. The van der Waals surface area contributed by atoms with Crippen LogP contribution in [0.1, 0.15) is 16.8 Å². The van der Waals surface area contributed by atoms with Crippen molar-refractivity contribution in [3.63, 3.8) is 0 Å². The number of methoxy groups -OCH3 is 1. The van der Waals surface area contributed by atoms with Gasteiger partial charge in [0, 0.05) is 37.2 Å². The van der Waals surface area contributed by atoms with Gasteiger partial charge in [-0.3, -0.25) is 4.98 Å². The number of ether oxygens (including phenoxy) is 1. The maximum Gasteiger partial charge on any atom is 0.225 e. The van der Waals surface area contributed by atoms with Crippen LogP contribution in [0.25, 0.3) is 0 Å². The zero-order valence-electron chi connectivity index (χ0n) is 15.1. The fraction of sp³-hybridized carbons (Fsp3) is 0.250.